The van der Waals surface area contributed by atoms with Gasteiger partial charge in [-0.2, -0.15) is 0 Å². The first-order valence-corrected chi connectivity index (χ1v) is 8.49. The lowest BCUT2D eigenvalue weighted by atomic mass is 9.75. The van der Waals surface area contributed by atoms with Crippen molar-refractivity contribution in [3.05, 3.63) is 30.3 Å². The third kappa shape index (κ3) is 3.09. The van der Waals surface area contributed by atoms with Crippen LogP contribution in [0.4, 0.5) is 5.69 Å². The van der Waals surface area contributed by atoms with Crippen molar-refractivity contribution in [2.24, 2.45) is 11.7 Å². The first-order chi connectivity index (χ1) is 10.2. The van der Waals surface area contributed by atoms with E-state index >= 15 is 0 Å². The molecule has 3 nitrogen and oxygen atoms in total. The van der Waals surface area contributed by atoms with Crippen LogP contribution in [0.3, 0.4) is 0 Å². The second-order valence-corrected chi connectivity index (χ2v) is 6.92. The second-order valence-electron chi connectivity index (χ2n) is 6.92. The van der Waals surface area contributed by atoms with Crippen molar-refractivity contribution in [1.29, 1.82) is 0 Å². The molecular formula is C18H29N3. The van der Waals surface area contributed by atoms with Crippen molar-refractivity contribution < 1.29 is 0 Å². The molecule has 1 saturated heterocycles. The van der Waals surface area contributed by atoms with Gasteiger partial charge in [0, 0.05) is 44.0 Å². The number of hydrogen-bond acceptors (Lipinski definition) is 3. The number of hydrogen-bond donors (Lipinski definition) is 1. The van der Waals surface area contributed by atoms with Crippen molar-refractivity contribution >= 4 is 5.69 Å². The van der Waals surface area contributed by atoms with E-state index in [0.29, 0.717) is 0 Å². The maximum atomic E-state index is 6.21. The van der Waals surface area contributed by atoms with Crippen molar-refractivity contribution in [3.63, 3.8) is 0 Å². The lowest BCUT2D eigenvalue weighted by molar-refractivity contribution is 0.0401. The van der Waals surface area contributed by atoms with Gasteiger partial charge in [-0.05, 0) is 43.7 Å². The summed E-state index contributed by atoms with van der Waals surface area (Å²) in [6.45, 7) is 7.77. The van der Waals surface area contributed by atoms with E-state index in [9.17, 15) is 0 Å². The number of anilines is 1. The molecule has 2 fully saturated rings. The van der Waals surface area contributed by atoms with Gasteiger partial charge < -0.3 is 10.6 Å². The predicted molar refractivity (Wildman–Crippen MR) is 89.6 cm³/mol. The van der Waals surface area contributed by atoms with Crippen LogP contribution in [0.2, 0.25) is 0 Å². The topological polar surface area (TPSA) is 32.5 Å². The molecule has 0 amide bonds. The summed E-state index contributed by atoms with van der Waals surface area (Å²) in [5.74, 6) is 0.885. The number of benzene rings is 1. The summed E-state index contributed by atoms with van der Waals surface area (Å²) >= 11 is 0. The molecule has 1 heterocycles. The zero-order valence-electron chi connectivity index (χ0n) is 13.3. The third-order valence-corrected chi connectivity index (χ3v) is 5.66. The van der Waals surface area contributed by atoms with Crippen molar-refractivity contribution in [3.8, 4) is 0 Å². The second kappa shape index (κ2) is 6.37. The van der Waals surface area contributed by atoms with Crippen LogP contribution in [0, 0.1) is 5.92 Å². The van der Waals surface area contributed by atoms with Crippen LogP contribution < -0.4 is 10.6 Å². The average molecular weight is 287 g/mol. The summed E-state index contributed by atoms with van der Waals surface area (Å²) in [5.41, 5.74) is 7.85. The Morgan fingerprint density at radius 1 is 1.05 bits per heavy atom. The number of nitrogens with zero attached hydrogens (tertiary/aromatic N) is 2. The summed E-state index contributed by atoms with van der Waals surface area (Å²) in [7, 11) is 0. The quantitative estimate of drug-likeness (QED) is 0.928. The number of para-hydroxylation sites is 1. The monoisotopic (exact) mass is 287 g/mol. The highest BCUT2D eigenvalue weighted by Crippen LogP contribution is 2.36. The first kappa shape index (κ1) is 14.9. The molecule has 1 saturated carbocycles. The van der Waals surface area contributed by atoms with Gasteiger partial charge in [-0.15, -0.1) is 0 Å². The van der Waals surface area contributed by atoms with E-state index in [1.807, 2.05) is 0 Å². The molecule has 0 unspecified atom stereocenters. The van der Waals surface area contributed by atoms with E-state index in [2.05, 4.69) is 47.1 Å². The third-order valence-electron chi connectivity index (χ3n) is 5.66. The number of nitrogens with two attached hydrogens (primary N) is 1. The van der Waals surface area contributed by atoms with E-state index in [4.69, 9.17) is 5.73 Å². The average Bonchev–Trinajstić information content (AvgIpc) is 2.57. The van der Waals surface area contributed by atoms with Crippen LogP contribution in [0.15, 0.2) is 30.3 Å². The minimum Gasteiger partial charge on any atom is -0.369 e. The fourth-order valence-electron chi connectivity index (χ4n) is 4.03. The molecule has 1 aromatic carbocycles. The molecule has 116 valence electrons. The van der Waals surface area contributed by atoms with Gasteiger partial charge in [0.25, 0.3) is 0 Å². The van der Waals surface area contributed by atoms with E-state index in [0.717, 1.165) is 38.6 Å². The molecule has 2 N–H and O–H groups in total. The largest absolute Gasteiger partial charge is 0.369 e. The lowest BCUT2D eigenvalue weighted by Gasteiger charge is -2.50. The van der Waals surface area contributed by atoms with E-state index in [-0.39, 0.29) is 5.54 Å². The fourth-order valence-corrected chi connectivity index (χ4v) is 4.03. The Labute approximate surface area is 129 Å². The molecule has 1 aliphatic carbocycles. The Morgan fingerprint density at radius 3 is 2.24 bits per heavy atom. The molecular weight excluding hydrogens is 258 g/mol. The Morgan fingerprint density at radius 2 is 1.67 bits per heavy atom. The number of piperazine rings is 1. The molecule has 3 heteroatoms. The van der Waals surface area contributed by atoms with Crippen LogP contribution in [0.5, 0.6) is 0 Å². The smallest absolute Gasteiger partial charge is 0.0367 e. The van der Waals surface area contributed by atoms with Crippen LogP contribution in [0.25, 0.3) is 0 Å². The molecule has 0 radical (unpaired) electrons. The van der Waals surface area contributed by atoms with Gasteiger partial charge in [-0.25, -0.2) is 0 Å². The molecule has 2 aliphatic rings. The molecule has 3 rings (SSSR count). The van der Waals surface area contributed by atoms with Gasteiger partial charge in [0.05, 0.1) is 0 Å². The molecule has 0 atom stereocenters. The van der Waals surface area contributed by atoms with Gasteiger partial charge in [-0.3, -0.25) is 4.90 Å². The van der Waals surface area contributed by atoms with Crippen LogP contribution in [-0.2, 0) is 0 Å². The molecule has 0 aromatic heterocycles. The lowest BCUT2D eigenvalue weighted by Crippen LogP contribution is -2.61. The zero-order valence-corrected chi connectivity index (χ0v) is 13.3. The molecule has 1 aliphatic heterocycles. The van der Waals surface area contributed by atoms with Crippen molar-refractivity contribution in [1.82, 2.24) is 4.90 Å². The standard InChI is InChI=1S/C18H29N3/c1-16-7-9-18(15-19,10-8-16)21-13-11-20(12-14-21)17-5-3-2-4-6-17/h2-6,16H,7-15,19H2,1H3. The zero-order chi connectivity index (χ0) is 14.7. The Balaban J connectivity index is 1.62. The Bertz CT molecular complexity index is 429. The highest BCUT2D eigenvalue weighted by atomic mass is 15.3. The summed E-state index contributed by atoms with van der Waals surface area (Å²) in [6, 6.07) is 10.8. The molecule has 0 bridgehead atoms. The summed E-state index contributed by atoms with van der Waals surface area (Å²) in [4.78, 5) is 5.20. The van der Waals surface area contributed by atoms with E-state index < -0.39 is 0 Å². The van der Waals surface area contributed by atoms with Crippen LogP contribution in [-0.4, -0.2) is 43.2 Å². The maximum Gasteiger partial charge on any atom is 0.0367 e. The van der Waals surface area contributed by atoms with Gasteiger partial charge in [0.15, 0.2) is 0 Å². The van der Waals surface area contributed by atoms with Gasteiger partial charge >= 0.3 is 0 Å². The minimum absolute atomic E-state index is 0.287. The maximum absolute atomic E-state index is 6.21. The van der Waals surface area contributed by atoms with E-state index in [1.54, 1.807) is 0 Å². The molecule has 21 heavy (non-hydrogen) atoms. The van der Waals surface area contributed by atoms with Crippen LogP contribution >= 0.6 is 0 Å². The summed E-state index contributed by atoms with van der Waals surface area (Å²) < 4.78 is 0. The van der Waals surface area contributed by atoms with Crippen LogP contribution in [0.1, 0.15) is 32.6 Å². The first-order valence-electron chi connectivity index (χ1n) is 8.49. The highest BCUT2D eigenvalue weighted by molar-refractivity contribution is 5.46. The van der Waals surface area contributed by atoms with Gasteiger partial charge in [0.1, 0.15) is 0 Å². The Hall–Kier alpha value is -1.06. The van der Waals surface area contributed by atoms with E-state index in [1.165, 1.54) is 31.4 Å². The summed E-state index contributed by atoms with van der Waals surface area (Å²) in [6.07, 6.45) is 5.26. The normalized spacial score (nSPS) is 31.3. The Kier molecular flexibility index (Phi) is 4.51. The van der Waals surface area contributed by atoms with Gasteiger partial charge in [0.2, 0.25) is 0 Å². The number of rotatable bonds is 3. The molecule has 1 aromatic rings. The summed E-state index contributed by atoms with van der Waals surface area (Å²) in [5, 5.41) is 0. The SMILES string of the molecule is CC1CCC(CN)(N2CCN(c3ccccc3)CC2)CC1. The molecule has 0 spiro atoms. The van der Waals surface area contributed by atoms with Gasteiger partial charge in [-0.1, -0.05) is 25.1 Å². The van der Waals surface area contributed by atoms with Crippen molar-refractivity contribution in [2.45, 2.75) is 38.1 Å². The fraction of sp³-hybridized carbons (Fsp3) is 0.667. The minimum atomic E-state index is 0.287. The van der Waals surface area contributed by atoms with Crippen molar-refractivity contribution in [2.75, 3.05) is 37.6 Å². The highest BCUT2D eigenvalue weighted by Gasteiger charge is 2.39. The predicted octanol–water partition coefficient (Wildman–Crippen LogP) is 2.72.